The molecule has 1 heterocycles. The largest absolute Gasteiger partial charge is 0.399 e. The maximum absolute atomic E-state index is 10.0. The Morgan fingerprint density at radius 3 is 2.31 bits per heavy atom. The number of hydrogen-bond donors (Lipinski definition) is 2. The summed E-state index contributed by atoms with van der Waals surface area (Å²) in [5.41, 5.74) is 8.25. The van der Waals surface area contributed by atoms with E-state index in [2.05, 4.69) is 4.98 Å². The molecule has 1 aromatic heterocycles. The molecule has 3 N–H and O–H groups in total. The number of nitrogens with zero attached hydrogens (tertiary/aromatic N) is 1. The van der Waals surface area contributed by atoms with Gasteiger partial charge in [-0.2, -0.15) is 0 Å². The lowest BCUT2D eigenvalue weighted by atomic mass is 10.0. The third-order valence-electron chi connectivity index (χ3n) is 2.50. The van der Waals surface area contributed by atoms with Gasteiger partial charge in [0.05, 0.1) is 6.10 Å². The van der Waals surface area contributed by atoms with Crippen molar-refractivity contribution in [1.82, 2.24) is 4.98 Å². The molecule has 82 valence electrons. The van der Waals surface area contributed by atoms with Crippen LogP contribution in [0.15, 0.2) is 48.8 Å². The van der Waals surface area contributed by atoms with Gasteiger partial charge in [0, 0.05) is 24.5 Å². The number of rotatable bonds is 3. The minimum atomic E-state index is -0.497. The number of aromatic nitrogens is 1. The fourth-order valence-corrected chi connectivity index (χ4v) is 1.58. The van der Waals surface area contributed by atoms with E-state index in [4.69, 9.17) is 5.73 Å². The zero-order valence-electron chi connectivity index (χ0n) is 8.88. The lowest BCUT2D eigenvalue weighted by Gasteiger charge is -2.10. The van der Waals surface area contributed by atoms with Crippen LogP contribution in [0.4, 0.5) is 5.69 Å². The third-order valence-corrected chi connectivity index (χ3v) is 2.50. The number of hydrogen-bond acceptors (Lipinski definition) is 3. The first-order valence-electron chi connectivity index (χ1n) is 5.18. The lowest BCUT2D eigenvalue weighted by molar-refractivity contribution is 0.178. The summed E-state index contributed by atoms with van der Waals surface area (Å²) in [5.74, 6) is 0. The summed E-state index contributed by atoms with van der Waals surface area (Å²) in [7, 11) is 0. The Morgan fingerprint density at radius 2 is 1.69 bits per heavy atom. The highest BCUT2D eigenvalue weighted by Gasteiger charge is 2.07. The molecule has 0 bridgehead atoms. The molecule has 16 heavy (non-hydrogen) atoms. The van der Waals surface area contributed by atoms with Crippen molar-refractivity contribution in [3.63, 3.8) is 0 Å². The molecular weight excluding hydrogens is 200 g/mol. The number of nitrogen functional groups attached to an aromatic ring is 1. The van der Waals surface area contributed by atoms with Crippen LogP contribution in [-0.4, -0.2) is 10.1 Å². The molecule has 0 amide bonds. The molecule has 1 atom stereocenters. The first kappa shape index (κ1) is 10.6. The monoisotopic (exact) mass is 214 g/mol. The molecule has 0 aliphatic rings. The van der Waals surface area contributed by atoms with E-state index in [1.54, 1.807) is 24.5 Å². The first-order valence-corrected chi connectivity index (χ1v) is 5.18. The van der Waals surface area contributed by atoms with Crippen LogP contribution >= 0.6 is 0 Å². The predicted octanol–water partition coefficient (Wildman–Crippen LogP) is 1.94. The fraction of sp³-hybridized carbons (Fsp3) is 0.154. The van der Waals surface area contributed by atoms with Gasteiger partial charge in [0.15, 0.2) is 0 Å². The van der Waals surface area contributed by atoms with E-state index in [1.165, 1.54) is 0 Å². The summed E-state index contributed by atoms with van der Waals surface area (Å²) >= 11 is 0. The Kier molecular flexibility index (Phi) is 3.17. The molecule has 3 heteroatoms. The molecule has 0 aliphatic carbocycles. The molecule has 0 radical (unpaired) electrons. The Morgan fingerprint density at radius 1 is 1.06 bits per heavy atom. The normalized spacial score (nSPS) is 12.3. The van der Waals surface area contributed by atoms with Crippen LogP contribution in [0.3, 0.4) is 0 Å². The van der Waals surface area contributed by atoms with E-state index in [0.29, 0.717) is 12.1 Å². The van der Waals surface area contributed by atoms with Crippen molar-refractivity contribution in [1.29, 1.82) is 0 Å². The van der Waals surface area contributed by atoms with Crippen LogP contribution in [0.1, 0.15) is 17.2 Å². The van der Waals surface area contributed by atoms with Gasteiger partial charge in [-0.25, -0.2) is 0 Å². The van der Waals surface area contributed by atoms with Crippen molar-refractivity contribution in [3.05, 3.63) is 59.9 Å². The molecule has 0 saturated heterocycles. The molecule has 0 unspecified atom stereocenters. The smallest absolute Gasteiger partial charge is 0.0830 e. The maximum Gasteiger partial charge on any atom is 0.0830 e. The molecule has 2 aromatic rings. The van der Waals surface area contributed by atoms with E-state index < -0.39 is 6.10 Å². The third kappa shape index (κ3) is 2.58. The molecule has 0 spiro atoms. The van der Waals surface area contributed by atoms with E-state index in [0.717, 1.165) is 11.1 Å². The molecule has 1 aromatic carbocycles. The zero-order valence-corrected chi connectivity index (χ0v) is 8.88. The SMILES string of the molecule is Nc1ccc([C@H](O)Cc2ccncc2)cc1. The zero-order chi connectivity index (χ0) is 11.4. The number of aliphatic hydroxyl groups excluding tert-OH is 1. The van der Waals surface area contributed by atoms with Gasteiger partial charge in [0.1, 0.15) is 0 Å². The van der Waals surface area contributed by atoms with E-state index in [9.17, 15) is 5.11 Å². The summed E-state index contributed by atoms with van der Waals surface area (Å²) < 4.78 is 0. The fourth-order valence-electron chi connectivity index (χ4n) is 1.58. The quantitative estimate of drug-likeness (QED) is 0.768. The van der Waals surface area contributed by atoms with Crippen LogP contribution < -0.4 is 5.73 Å². The van der Waals surface area contributed by atoms with E-state index >= 15 is 0 Å². The average Bonchev–Trinajstić information content (AvgIpc) is 2.31. The van der Waals surface area contributed by atoms with Gasteiger partial charge in [-0.3, -0.25) is 4.98 Å². The van der Waals surface area contributed by atoms with Crippen LogP contribution in [0, 0.1) is 0 Å². The first-order chi connectivity index (χ1) is 7.75. The van der Waals surface area contributed by atoms with E-state index in [-0.39, 0.29) is 0 Å². The standard InChI is InChI=1S/C13H14N2O/c14-12-3-1-11(2-4-12)13(16)9-10-5-7-15-8-6-10/h1-8,13,16H,9,14H2/t13-/m1/s1. The van der Waals surface area contributed by atoms with Crippen molar-refractivity contribution < 1.29 is 5.11 Å². The number of aliphatic hydroxyl groups is 1. The number of benzene rings is 1. The van der Waals surface area contributed by atoms with Crippen LogP contribution in [0.25, 0.3) is 0 Å². The summed E-state index contributed by atoms with van der Waals surface area (Å²) in [6.07, 6.45) is 3.55. The minimum absolute atomic E-state index is 0.497. The Hall–Kier alpha value is -1.87. The highest BCUT2D eigenvalue weighted by atomic mass is 16.3. The Balaban J connectivity index is 2.09. The highest BCUT2D eigenvalue weighted by molar-refractivity contribution is 5.40. The average molecular weight is 214 g/mol. The van der Waals surface area contributed by atoms with Gasteiger partial charge in [-0.05, 0) is 35.4 Å². The second kappa shape index (κ2) is 4.77. The topological polar surface area (TPSA) is 59.1 Å². The van der Waals surface area contributed by atoms with Crippen LogP contribution in [-0.2, 0) is 6.42 Å². The van der Waals surface area contributed by atoms with Gasteiger partial charge in [0.25, 0.3) is 0 Å². The second-order valence-electron chi connectivity index (χ2n) is 3.74. The summed E-state index contributed by atoms with van der Waals surface area (Å²) in [4.78, 5) is 3.94. The Labute approximate surface area is 94.6 Å². The summed E-state index contributed by atoms with van der Waals surface area (Å²) in [6.45, 7) is 0. The van der Waals surface area contributed by atoms with Crippen molar-refractivity contribution >= 4 is 5.69 Å². The molecule has 0 saturated carbocycles. The van der Waals surface area contributed by atoms with Crippen molar-refractivity contribution in [3.8, 4) is 0 Å². The molecular formula is C13H14N2O. The Bertz CT molecular complexity index is 439. The number of nitrogens with two attached hydrogens (primary N) is 1. The second-order valence-corrected chi connectivity index (χ2v) is 3.74. The molecule has 3 nitrogen and oxygen atoms in total. The molecule has 0 aliphatic heterocycles. The summed E-state index contributed by atoms with van der Waals surface area (Å²) in [5, 5.41) is 10.0. The molecule has 2 rings (SSSR count). The van der Waals surface area contributed by atoms with E-state index in [1.807, 2.05) is 24.3 Å². The predicted molar refractivity (Wildman–Crippen MR) is 63.8 cm³/mol. The van der Waals surface area contributed by atoms with Crippen molar-refractivity contribution in [2.75, 3.05) is 5.73 Å². The van der Waals surface area contributed by atoms with Gasteiger partial charge in [-0.1, -0.05) is 12.1 Å². The van der Waals surface area contributed by atoms with Crippen molar-refractivity contribution in [2.45, 2.75) is 12.5 Å². The maximum atomic E-state index is 10.0. The lowest BCUT2D eigenvalue weighted by Crippen LogP contribution is -2.01. The van der Waals surface area contributed by atoms with Gasteiger partial charge in [-0.15, -0.1) is 0 Å². The number of pyridine rings is 1. The number of anilines is 1. The summed E-state index contributed by atoms with van der Waals surface area (Å²) in [6, 6.07) is 11.1. The van der Waals surface area contributed by atoms with Gasteiger partial charge >= 0.3 is 0 Å². The molecule has 0 fully saturated rings. The van der Waals surface area contributed by atoms with Crippen LogP contribution in [0.2, 0.25) is 0 Å². The van der Waals surface area contributed by atoms with Crippen molar-refractivity contribution in [2.24, 2.45) is 0 Å². The minimum Gasteiger partial charge on any atom is -0.399 e. The van der Waals surface area contributed by atoms with Crippen LogP contribution in [0.5, 0.6) is 0 Å². The highest BCUT2D eigenvalue weighted by Crippen LogP contribution is 2.18. The van der Waals surface area contributed by atoms with Gasteiger partial charge in [0.2, 0.25) is 0 Å². The van der Waals surface area contributed by atoms with Gasteiger partial charge < -0.3 is 10.8 Å².